The molecule has 4 heteroatoms. The van der Waals surface area contributed by atoms with Crippen LogP contribution in [0.15, 0.2) is 34.3 Å². The molecule has 2 atom stereocenters. The van der Waals surface area contributed by atoms with Gasteiger partial charge in [-0.15, -0.1) is 0 Å². The number of phenols is 2. The highest BCUT2D eigenvalue weighted by molar-refractivity contribution is 5.86. The minimum absolute atomic E-state index is 0.0466. The first kappa shape index (κ1) is 31.6. The predicted molar refractivity (Wildman–Crippen MR) is 165 cm³/mol. The second kappa shape index (κ2) is 10.9. The molecule has 0 aromatic heterocycles. The molecule has 0 bridgehead atoms. The molecular weight excluding hydrogens is 468 g/mol. The van der Waals surface area contributed by atoms with Crippen LogP contribution in [-0.4, -0.2) is 34.7 Å². The van der Waals surface area contributed by atoms with Crippen molar-refractivity contribution in [3.8, 4) is 11.5 Å². The summed E-state index contributed by atoms with van der Waals surface area (Å²) in [6.07, 6.45) is 3.57. The van der Waals surface area contributed by atoms with Gasteiger partial charge in [0.2, 0.25) is 0 Å². The number of rotatable bonds is 5. The van der Waals surface area contributed by atoms with Crippen molar-refractivity contribution in [2.45, 2.75) is 131 Å². The van der Waals surface area contributed by atoms with Crippen LogP contribution in [0.1, 0.15) is 130 Å². The van der Waals surface area contributed by atoms with Gasteiger partial charge in [-0.3, -0.25) is 9.98 Å². The number of aliphatic imine (C=N–C) groups is 2. The van der Waals surface area contributed by atoms with Crippen LogP contribution >= 0.6 is 0 Å². The number of aromatic hydroxyl groups is 2. The molecular formula is C34H52N2O2. The Bertz CT molecular complexity index is 1100. The summed E-state index contributed by atoms with van der Waals surface area (Å²) in [6, 6.07) is 8.09. The molecule has 0 saturated carbocycles. The monoisotopic (exact) mass is 520 g/mol. The minimum Gasteiger partial charge on any atom is -0.507 e. The van der Waals surface area contributed by atoms with E-state index in [1.807, 2.05) is 26.0 Å². The highest BCUT2D eigenvalue weighted by Gasteiger charge is 2.26. The van der Waals surface area contributed by atoms with Crippen LogP contribution in [-0.2, 0) is 21.7 Å². The molecule has 0 saturated heterocycles. The molecule has 2 aromatic rings. The molecule has 0 radical (unpaired) electrons. The first-order valence-corrected chi connectivity index (χ1v) is 13.9. The van der Waals surface area contributed by atoms with Crippen LogP contribution in [0, 0.1) is 0 Å². The van der Waals surface area contributed by atoms with Gasteiger partial charge in [0.15, 0.2) is 0 Å². The van der Waals surface area contributed by atoms with Gasteiger partial charge in [-0.05, 0) is 58.8 Å². The van der Waals surface area contributed by atoms with Gasteiger partial charge in [0.1, 0.15) is 11.5 Å². The topological polar surface area (TPSA) is 65.2 Å². The molecule has 0 aliphatic rings. The third kappa shape index (κ3) is 7.71. The summed E-state index contributed by atoms with van der Waals surface area (Å²) in [7, 11) is 0. The maximum atomic E-state index is 11.1. The van der Waals surface area contributed by atoms with Crippen LogP contribution in [0.4, 0.5) is 0 Å². The highest BCUT2D eigenvalue weighted by atomic mass is 16.3. The second-order valence-corrected chi connectivity index (χ2v) is 15.0. The number of benzene rings is 2. The van der Waals surface area contributed by atoms with Crippen molar-refractivity contribution in [2.75, 3.05) is 0 Å². The SMILES string of the molecule is CC(N=Cc1cc(C(C)(C)C)cc(C(C)(C)C)c1O)C(C)N=Cc1cc(C(C)(C)C)cc(C(C)(C)C)c1O. The van der Waals surface area contributed by atoms with E-state index in [1.54, 1.807) is 12.4 Å². The van der Waals surface area contributed by atoms with Crippen LogP contribution < -0.4 is 0 Å². The van der Waals surface area contributed by atoms with Crippen molar-refractivity contribution < 1.29 is 10.2 Å². The largest absolute Gasteiger partial charge is 0.507 e. The smallest absolute Gasteiger partial charge is 0.128 e. The summed E-state index contributed by atoms with van der Waals surface area (Å²) in [4.78, 5) is 9.58. The lowest BCUT2D eigenvalue weighted by atomic mass is 9.79. The van der Waals surface area contributed by atoms with Crippen LogP contribution in [0.25, 0.3) is 0 Å². The zero-order valence-electron chi connectivity index (χ0n) is 26.4. The highest BCUT2D eigenvalue weighted by Crippen LogP contribution is 2.38. The molecule has 38 heavy (non-hydrogen) atoms. The predicted octanol–water partition coefficient (Wildman–Crippen LogP) is 8.60. The van der Waals surface area contributed by atoms with Gasteiger partial charge >= 0.3 is 0 Å². The molecule has 2 unspecified atom stereocenters. The van der Waals surface area contributed by atoms with E-state index in [9.17, 15) is 10.2 Å². The molecule has 2 aromatic carbocycles. The van der Waals surface area contributed by atoms with Gasteiger partial charge in [0.05, 0.1) is 12.1 Å². The van der Waals surface area contributed by atoms with Crippen molar-refractivity contribution in [3.63, 3.8) is 0 Å². The maximum absolute atomic E-state index is 11.1. The fraction of sp³-hybridized carbons (Fsp3) is 0.588. The molecule has 0 heterocycles. The van der Waals surface area contributed by atoms with E-state index >= 15 is 0 Å². The van der Waals surface area contributed by atoms with Crippen molar-refractivity contribution in [1.82, 2.24) is 0 Å². The molecule has 0 aliphatic carbocycles. The van der Waals surface area contributed by atoms with Gasteiger partial charge in [0.25, 0.3) is 0 Å². The van der Waals surface area contributed by atoms with Gasteiger partial charge < -0.3 is 10.2 Å². The summed E-state index contributed by atoms with van der Waals surface area (Å²) < 4.78 is 0. The summed E-state index contributed by atoms with van der Waals surface area (Å²) in [5.74, 6) is 0.576. The molecule has 210 valence electrons. The van der Waals surface area contributed by atoms with E-state index in [1.165, 1.54) is 11.1 Å². The Morgan fingerprint density at radius 1 is 0.526 bits per heavy atom. The number of hydrogen-bond acceptors (Lipinski definition) is 4. The lowest BCUT2D eigenvalue weighted by Crippen LogP contribution is -2.19. The fourth-order valence-electron chi connectivity index (χ4n) is 4.16. The summed E-state index contributed by atoms with van der Waals surface area (Å²) in [5.41, 5.74) is 5.19. The first-order chi connectivity index (χ1) is 17.0. The number of nitrogens with zero attached hydrogens (tertiary/aromatic N) is 2. The van der Waals surface area contributed by atoms with E-state index in [2.05, 4.69) is 95.2 Å². The standard InChI is InChI=1S/C34H52N2O2/c1-21(35-19-23-15-25(31(3,4)5)17-27(29(23)37)33(9,10)11)22(2)36-20-24-16-26(32(6,7)8)18-28(30(24)38)34(12,13)14/h15-22,37-38H,1-14H3. The van der Waals surface area contributed by atoms with Crippen LogP contribution in [0.3, 0.4) is 0 Å². The molecule has 0 aliphatic heterocycles. The molecule has 0 fully saturated rings. The second-order valence-electron chi connectivity index (χ2n) is 15.0. The zero-order valence-corrected chi connectivity index (χ0v) is 26.4. The Morgan fingerprint density at radius 3 is 1.05 bits per heavy atom. The Hall–Kier alpha value is -2.62. The van der Waals surface area contributed by atoms with E-state index in [-0.39, 0.29) is 45.2 Å². The maximum Gasteiger partial charge on any atom is 0.128 e. The Balaban J connectivity index is 2.42. The van der Waals surface area contributed by atoms with Gasteiger partial charge in [-0.25, -0.2) is 0 Å². The normalized spacial score (nSPS) is 15.4. The van der Waals surface area contributed by atoms with Gasteiger partial charge in [0, 0.05) is 34.7 Å². The summed E-state index contributed by atoms with van der Waals surface area (Å²) in [5, 5.41) is 22.2. The zero-order chi connectivity index (χ0) is 29.4. The molecule has 2 rings (SSSR count). The van der Waals surface area contributed by atoms with Crippen LogP contribution in [0.5, 0.6) is 11.5 Å². The van der Waals surface area contributed by atoms with Crippen molar-refractivity contribution >= 4 is 12.4 Å². The Morgan fingerprint density at radius 2 is 0.816 bits per heavy atom. The minimum atomic E-state index is -0.188. The van der Waals surface area contributed by atoms with Crippen LogP contribution in [0.2, 0.25) is 0 Å². The van der Waals surface area contributed by atoms with Crippen molar-refractivity contribution in [3.05, 3.63) is 57.6 Å². The first-order valence-electron chi connectivity index (χ1n) is 13.9. The van der Waals surface area contributed by atoms with E-state index in [4.69, 9.17) is 9.98 Å². The average molecular weight is 521 g/mol. The Labute approximate surface area is 232 Å². The Kier molecular flexibility index (Phi) is 9.03. The number of phenolic OH excluding ortho intramolecular Hbond substituents is 2. The van der Waals surface area contributed by atoms with Gasteiger partial charge in [-0.1, -0.05) is 95.2 Å². The van der Waals surface area contributed by atoms with E-state index < -0.39 is 0 Å². The van der Waals surface area contributed by atoms with E-state index in [0.29, 0.717) is 0 Å². The molecule has 0 amide bonds. The van der Waals surface area contributed by atoms with Crippen molar-refractivity contribution in [2.24, 2.45) is 9.98 Å². The van der Waals surface area contributed by atoms with Crippen molar-refractivity contribution in [1.29, 1.82) is 0 Å². The third-order valence-electron chi connectivity index (χ3n) is 7.22. The number of hydrogen-bond donors (Lipinski definition) is 2. The van der Waals surface area contributed by atoms with Gasteiger partial charge in [-0.2, -0.15) is 0 Å². The summed E-state index contributed by atoms with van der Waals surface area (Å²) in [6.45, 7) is 29.8. The molecule has 0 spiro atoms. The lowest BCUT2D eigenvalue weighted by molar-refractivity contribution is 0.443. The molecule has 4 nitrogen and oxygen atoms in total. The van der Waals surface area contributed by atoms with E-state index in [0.717, 1.165) is 22.3 Å². The molecule has 2 N–H and O–H groups in total. The fourth-order valence-corrected chi connectivity index (χ4v) is 4.16. The lowest BCUT2D eigenvalue weighted by Gasteiger charge is -2.27. The summed E-state index contributed by atoms with van der Waals surface area (Å²) >= 11 is 0. The third-order valence-corrected chi connectivity index (χ3v) is 7.22. The quantitative estimate of drug-likeness (QED) is 0.388. The average Bonchev–Trinajstić information content (AvgIpc) is 2.73.